The van der Waals surface area contributed by atoms with E-state index in [1.54, 1.807) is 78.1 Å². The average molecular weight is 860 g/mol. The second kappa shape index (κ2) is 19.8. The van der Waals surface area contributed by atoms with Crippen LogP contribution < -0.4 is 26.0 Å². The molecular weight excluding hydrogens is 807 g/mol. The van der Waals surface area contributed by atoms with Crippen molar-refractivity contribution in [2.75, 3.05) is 20.2 Å². The fraction of sp³-hybridized carbons (Fsp3) is 0.400. The zero-order valence-corrected chi connectivity index (χ0v) is 35.7. The first kappa shape index (κ1) is 44.1. The Labute approximate surface area is 364 Å². The van der Waals surface area contributed by atoms with Crippen molar-refractivity contribution in [2.45, 2.75) is 89.3 Å². The van der Waals surface area contributed by atoms with E-state index < -0.39 is 59.9 Å². The van der Waals surface area contributed by atoms with Gasteiger partial charge in [0.25, 0.3) is 0 Å². The van der Waals surface area contributed by atoms with Crippen LogP contribution in [-0.4, -0.2) is 120 Å². The lowest BCUT2D eigenvalue weighted by molar-refractivity contribution is -0.144. The molecule has 3 aliphatic heterocycles. The molecule has 1 saturated heterocycles. The van der Waals surface area contributed by atoms with Gasteiger partial charge in [-0.25, -0.2) is 9.48 Å². The van der Waals surface area contributed by atoms with E-state index in [4.69, 9.17) is 4.74 Å². The first-order valence-electron chi connectivity index (χ1n) is 21.2. The van der Waals surface area contributed by atoms with Crippen LogP contribution in [0, 0.1) is 5.92 Å². The van der Waals surface area contributed by atoms with Gasteiger partial charge in [0.2, 0.25) is 23.6 Å². The number of carbonyl (C=O) groups is 5. The van der Waals surface area contributed by atoms with E-state index in [1.807, 2.05) is 50.4 Å². The maximum atomic E-state index is 14.6. The number of nitrogens with one attached hydrogen (secondary N) is 4. The Kier molecular flexibility index (Phi) is 13.9. The van der Waals surface area contributed by atoms with Crippen molar-refractivity contribution < 1.29 is 33.8 Å². The number of carboxylic acid groups (broad SMARTS) is 1. The van der Waals surface area contributed by atoms with Crippen LogP contribution in [-0.2, 0) is 43.4 Å². The Bertz CT molecular complexity index is 2400. The van der Waals surface area contributed by atoms with Crippen molar-refractivity contribution >= 4 is 29.6 Å². The Morgan fingerprint density at radius 1 is 0.889 bits per heavy atom. The van der Waals surface area contributed by atoms with Gasteiger partial charge in [-0.2, -0.15) is 0 Å². The van der Waals surface area contributed by atoms with Crippen LogP contribution in [0.2, 0.25) is 0 Å². The van der Waals surface area contributed by atoms with Crippen LogP contribution in [0.25, 0.3) is 22.5 Å². The van der Waals surface area contributed by atoms with Gasteiger partial charge >= 0.3 is 5.97 Å². The molecule has 2 aromatic heterocycles. The molecule has 6 unspecified atom stereocenters. The van der Waals surface area contributed by atoms with Gasteiger partial charge in [-0.15, -0.1) is 10.2 Å². The number of amides is 4. The van der Waals surface area contributed by atoms with Gasteiger partial charge in [0.05, 0.1) is 31.1 Å². The molecule has 6 atom stereocenters. The molecule has 0 saturated carbocycles. The Balaban J connectivity index is 1.24. The van der Waals surface area contributed by atoms with Crippen LogP contribution >= 0.6 is 0 Å². The zero-order valence-electron chi connectivity index (χ0n) is 35.7. The topological polar surface area (TPSA) is 228 Å². The molecule has 5 heterocycles. The third-order valence-corrected chi connectivity index (χ3v) is 11.5. The maximum absolute atomic E-state index is 14.6. The summed E-state index contributed by atoms with van der Waals surface area (Å²) in [6, 6.07) is 17.9. The molecule has 18 nitrogen and oxygen atoms in total. The molecule has 3 aromatic carbocycles. The minimum absolute atomic E-state index is 0.0362. The highest BCUT2D eigenvalue weighted by Crippen LogP contribution is 2.31. The summed E-state index contributed by atoms with van der Waals surface area (Å²) >= 11 is 0. The molecule has 4 amide bonds. The number of likely N-dealkylation sites (N-methyl/N-ethyl adjacent to an activating group) is 1. The predicted molar refractivity (Wildman–Crippen MR) is 231 cm³/mol. The highest BCUT2D eigenvalue weighted by molar-refractivity contribution is 5.96. The summed E-state index contributed by atoms with van der Waals surface area (Å²) in [7, 11) is 1.64. The number of aliphatic carboxylic acids is 1. The van der Waals surface area contributed by atoms with E-state index in [0.29, 0.717) is 42.3 Å². The molecule has 3 aliphatic rings. The summed E-state index contributed by atoms with van der Waals surface area (Å²) in [6.45, 7) is 6.31. The van der Waals surface area contributed by atoms with Gasteiger partial charge < -0.3 is 36.0 Å². The number of benzene rings is 3. The second-order valence-corrected chi connectivity index (χ2v) is 16.4. The summed E-state index contributed by atoms with van der Waals surface area (Å²) in [5.74, 6) is -3.19. The molecule has 8 rings (SSSR count). The molecule has 63 heavy (non-hydrogen) atoms. The number of fused-ring (bicyclic) bond motifs is 11. The van der Waals surface area contributed by atoms with Crippen LogP contribution in [0.3, 0.4) is 0 Å². The van der Waals surface area contributed by atoms with Crippen molar-refractivity contribution in [3.8, 4) is 28.3 Å². The largest absolute Gasteiger partial charge is 0.494 e. The summed E-state index contributed by atoms with van der Waals surface area (Å²) in [5, 5.41) is 39.2. The zero-order chi connectivity index (χ0) is 44.6. The number of rotatable bonds is 8. The molecule has 5 N–H and O–H groups in total. The lowest BCUT2D eigenvalue weighted by Crippen LogP contribution is -2.59. The number of carboxylic acids is 1. The molecule has 1 fully saturated rings. The molecule has 0 radical (unpaired) electrons. The Morgan fingerprint density at radius 3 is 2.30 bits per heavy atom. The van der Waals surface area contributed by atoms with Gasteiger partial charge in [-0.1, -0.05) is 84.9 Å². The molecular formula is C45H53N11O7. The second-order valence-electron chi connectivity index (χ2n) is 16.4. The highest BCUT2D eigenvalue weighted by atomic mass is 16.5. The van der Waals surface area contributed by atoms with E-state index in [-0.39, 0.29) is 37.6 Å². The minimum atomic E-state index is -1.33. The SMILES string of the molecule is CNC(C)C(=O)NC(C(=O)N1CC2CC1C(=O)NC(Cc1ccccc1)C(=O)NC(C(=O)O)Cc1ccc(cc1)OCCCn1cc(nn1)-c1cccc(c1)-c1cn2nn1)C(C)C. The number of hydrogen-bond acceptors (Lipinski definition) is 11. The first-order valence-corrected chi connectivity index (χ1v) is 21.2. The van der Waals surface area contributed by atoms with Crippen LogP contribution in [0.1, 0.15) is 50.8 Å². The molecule has 0 spiro atoms. The number of carbonyl (C=O) groups excluding carboxylic acids is 4. The number of likely N-dealkylation sites (tertiary alicyclic amines) is 1. The van der Waals surface area contributed by atoms with Crippen molar-refractivity contribution in [1.82, 2.24) is 56.2 Å². The lowest BCUT2D eigenvalue weighted by atomic mass is 10.0. The van der Waals surface area contributed by atoms with Gasteiger partial charge in [0.1, 0.15) is 41.3 Å². The first-order chi connectivity index (χ1) is 30.4. The normalized spacial score (nSPS) is 20.5. The van der Waals surface area contributed by atoms with Crippen molar-refractivity contribution in [3.05, 3.63) is 102 Å². The number of ether oxygens (including phenoxy) is 1. The van der Waals surface area contributed by atoms with Crippen LogP contribution in [0.15, 0.2) is 91.3 Å². The number of aromatic nitrogens is 6. The number of nitrogens with zero attached hydrogens (tertiary/aromatic N) is 7. The monoisotopic (exact) mass is 859 g/mol. The third-order valence-electron chi connectivity index (χ3n) is 11.5. The standard InChI is InChI=1S/C45H53N11O7/c1-27(2)40(49-41(57)28(3)46-4)44(60)55-24-33-23-39(55)43(59)47-35(20-29-10-6-5-7-11-29)42(58)48-36(45(61)62)21-30-14-16-34(17-15-30)63-19-9-18-54-25-37(50-52-54)31-12-8-13-32(22-31)38-26-56(33)53-51-38/h5-8,10-17,22,25-28,33,35-36,39-40,46H,9,18-21,23-24H2,1-4H3,(H,47,59)(H,48,58)(H,49,57)(H,61,62). The van der Waals surface area contributed by atoms with E-state index in [2.05, 4.69) is 41.9 Å². The number of aryl methyl sites for hydroxylation is 1. The minimum Gasteiger partial charge on any atom is -0.494 e. The van der Waals surface area contributed by atoms with E-state index >= 15 is 0 Å². The quantitative estimate of drug-likeness (QED) is 0.152. The third kappa shape index (κ3) is 10.7. The fourth-order valence-corrected chi connectivity index (χ4v) is 7.74. The average Bonchev–Trinajstić information content (AvgIpc) is 4.07. The van der Waals surface area contributed by atoms with Crippen molar-refractivity contribution in [1.29, 1.82) is 0 Å². The van der Waals surface area contributed by atoms with Crippen molar-refractivity contribution in [3.63, 3.8) is 0 Å². The summed E-state index contributed by atoms with van der Waals surface area (Å²) in [4.78, 5) is 70.6. The molecule has 10 bridgehead atoms. The fourth-order valence-electron chi connectivity index (χ4n) is 7.74. The van der Waals surface area contributed by atoms with Gasteiger partial charge in [0, 0.05) is 49.9 Å². The summed E-state index contributed by atoms with van der Waals surface area (Å²) in [5.41, 5.74) is 4.18. The molecule has 0 aliphatic carbocycles. The Hall–Kier alpha value is -6.95. The lowest BCUT2D eigenvalue weighted by Gasteiger charge is -2.31. The van der Waals surface area contributed by atoms with Gasteiger partial charge in [-0.05, 0) is 49.2 Å². The predicted octanol–water partition coefficient (Wildman–Crippen LogP) is 2.42. The van der Waals surface area contributed by atoms with E-state index in [9.17, 15) is 29.1 Å². The smallest absolute Gasteiger partial charge is 0.326 e. The van der Waals surface area contributed by atoms with Crippen LogP contribution in [0.4, 0.5) is 0 Å². The summed E-state index contributed by atoms with van der Waals surface area (Å²) < 4.78 is 9.33. The van der Waals surface area contributed by atoms with E-state index in [0.717, 1.165) is 16.7 Å². The number of hydrogen-bond donors (Lipinski definition) is 5. The molecule has 18 heteroatoms. The van der Waals surface area contributed by atoms with Gasteiger partial charge in [-0.3, -0.25) is 23.9 Å². The summed E-state index contributed by atoms with van der Waals surface area (Å²) in [6.07, 6.45) is 4.37. The molecule has 5 aromatic rings. The van der Waals surface area contributed by atoms with Crippen LogP contribution in [0.5, 0.6) is 5.75 Å². The Morgan fingerprint density at radius 2 is 1.60 bits per heavy atom. The highest BCUT2D eigenvalue weighted by Gasteiger charge is 2.45. The molecule has 330 valence electrons. The van der Waals surface area contributed by atoms with E-state index in [1.165, 1.54) is 4.90 Å². The van der Waals surface area contributed by atoms with Gasteiger partial charge in [0.15, 0.2) is 0 Å². The maximum Gasteiger partial charge on any atom is 0.326 e. The van der Waals surface area contributed by atoms with Crippen molar-refractivity contribution in [2.24, 2.45) is 5.92 Å².